The molecule has 0 spiro atoms. The first-order valence-corrected chi connectivity index (χ1v) is 5.98. The average molecular weight is 262 g/mol. The molecule has 0 aliphatic carbocycles. The van der Waals surface area contributed by atoms with Crippen molar-refractivity contribution in [3.05, 3.63) is 23.4 Å². The lowest BCUT2D eigenvalue weighted by Gasteiger charge is -2.08. The Morgan fingerprint density at radius 2 is 1.84 bits per heavy atom. The second kappa shape index (κ2) is 4.84. The van der Waals surface area contributed by atoms with Gasteiger partial charge in [-0.1, -0.05) is 0 Å². The molecule has 0 saturated heterocycles. The van der Waals surface area contributed by atoms with Crippen LogP contribution in [0.5, 0.6) is 11.5 Å². The fraction of sp³-hybridized carbons (Fsp3) is 0.357. The van der Waals surface area contributed by atoms with E-state index in [1.54, 1.807) is 14.2 Å². The van der Waals surface area contributed by atoms with Crippen molar-refractivity contribution in [2.75, 3.05) is 14.2 Å². The van der Waals surface area contributed by atoms with Crippen LogP contribution < -0.4 is 15.2 Å². The maximum Gasteiger partial charge on any atom is 0.221 e. The maximum atomic E-state index is 11.3. The van der Waals surface area contributed by atoms with Crippen LogP contribution in [0.3, 0.4) is 0 Å². The lowest BCUT2D eigenvalue weighted by molar-refractivity contribution is -0.117. The molecule has 0 unspecified atom stereocenters. The van der Waals surface area contributed by atoms with E-state index in [4.69, 9.17) is 15.2 Å². The zero-order valence-electron chi connectivity index (χ0n) is 11.6. The van der Waals surface area contributed by atoms with Gasteiger partial charge < -0.3 is 19.8 Å². The van der Waals surface area contributed by atoms with Crippen LogP contribution in [0.25, 0.3) is 10.9 Å². The van der Waals surface area contributed by atoms with Gasteiger partial charge in [0.15, 0.2) is 0 Å². The highest BCUT2D eigenvalue weighted by molar-refractivity contribution is 5.97. The molecule has 1 amide bonds. The normalized spacial score (nSPS) is 10.7. The minimum atomic E-state index is -0.361. The Morgan fingerprint density at radius 3 is 2.37 bits per heavy atom. The molecule has 19 heavy (non-hydrogen) atoms. The van der Waals surface area contributed by atoms with Crippen molar-refractivity contribution >= 4 is 16.8 Å². The second-order valence-electron chi connectivity index (χ2n) is 4.46. The summed E-state index contributed by atoms with van der Waals surface area (Å²) in [4.78, 5) is 11.3. The van der Waals surface area contributed by atoms with Gasteiger partial charge in [0.05, 0.1) is 26.2 Å². The molecule has 1 aromatic heterocycles. The van der Waals surface area contributed by atoms with Crippen molar-refractivity contribution in [1.29, 1.82) is 0 Å². The summed E-state index contributed by atoms with van der Waals surface area (Å²) < 4.78 is 12.8. The molecular weight excluding hydrogens is 244 g/mol. The monoisotopic (exact) mass is 262 g/mol. The summed E-state index contributed by atoms with van der Waals surface area (Å²) in [5.41, 5.74) is 8.12. The highest BCUT2D eigenvalue weighted by Crippen LogP contribution is 2.38. The number of primary amides is 1. The largest absolute Gasteiger partial charge is 0.496 e. The van der Waals surface area contributed by atoms with Crippen molar-refractivity contribution in [2.24, 2.45) is 12.8 Å². The lowest BCUT2D eigenvalue weighted by Crippen LogP contribution is -2.14. The third kappa shape index (κ3) is 2.01. The van der Waals surface area contributed by atoms with E-state index in [0.717, 1.165) is 33.7 Å². The molecule has 0 aliphatic heterocycles. The first-order chi connectivity index (χ1) is 9.01. The number of methoxy groups -OCH3 is 2. The number of aryl methyl sites for hydroxylation is 1. The molecule has 2 aromatic rings. The zero-order chi connectivity index (χ0) is 14.2. The number of rotatable bonds is 4. The summed E-state index contributed by atoms with van der Waals surface area (Å²) in [6.45, 7) is 1.96. The Labute approximate surface area is 111 Å². The molecule has 1 aromatic carbocycles. The molecule has 5 heteroatoms. The van der Waals surface area contributed by atoms with Crippen molar-refractivity contribution < 1.29 is 14.3 Å². The van der Waals surface area contributed by atoms with Gasteiger partial charge in [0.2, 0.25) is 5.91 Å². The van der Waals surface area contributed by atoms with Gasteiger partial charge in [-0.15, -0.1) is 0 Å². The second-order valence-corrected chi connectivity index (χ2v) is 4.46. The third-order valence-corrected chi connectivity index (χ3v) is 3.47. The van der Waals surface area contributed by atoms with Crippen LogP contribution in [0, 0.1) is 6.92 Å². The van der Waals surface area contributed by atoms with Gasteiger partial charge in [0, 0.05) is 18.1 Å². The number of hydrogen-bond acceptors (Lipinski definition) is 3. The predicted octanol–water partition coefficient (Wildman–Crippen LogP) is 1.53. The Morgan fingerprint density at radius 1 is 1.26 bits per heavy atom. The topological polar surface area (TPSA) is 66.5 Å². The molecule has 0 fully saturated rings. The molecule has 5 nitrogen and oxygen atoms in total. The van der Waals surface area contributed by atoms with Gasteiger partial charge >= 0.3 is 0 Å². The molecule has 0 bridgehead atoms. The molecule has 1 heterocycles. The van der Waals surface area contributed by atoms with Crippen molar-refractivity contribution in [3.8, 4) is 11.5 Å². The Kier molecular flexibility index (Phi) is 3.38. The standard InChI is InChI=1S/C14H18N2O3/c1-8-9(7-12(15)17)13-10(18-3)5-6-11(19-4)14(13)16(8)2/h5-6H,7H2,1-4H3,(H2,15,17). The molecule has 2 rings (SSSR count). The van der Waals surface area contributed by atoms with Crippen LogP contribution in [0.15, 0.2) is 12.1 Å². The maximum absolute atomic E-state index is 11.3. The smallest absolute Gasteiger partial charge is 0.221 e. The minimum Gasteiger partial charge on any atom is -0.496 e. The van der Waals surface area contributed by atoms with Crippen molar-refractivity contribution in [1.82, 2.24) is 4.57 Å². The van der Waals surface area contributed by atoms with Crippen molar-refractivity contribution in [2.45, 2.75) is 13.3 Å². The van der Waals surface area contributed by atoms with Crippen LogP contribution in [0.4, 0.5) is 0 Å². The average Bonchev–Trinajstić information content (AvgIpc) is 2.63. The number of fused-ring (bicyclic) bond motifs is 1. The SMILES string of the molecule is COc1ccc(OC)c2c1c(CC(N)=O)c(C)n2C. The first kappa shape index (κ1) is 13.3. The third-order valence-electron chi connectivity index (χ3n) is 3.47. The van der Waals surface area contributed by atoms with Gasteiger partial charge in [-0.2, -0.15) is 0 Å². The number of carbonyl (C=O) groups excluding carboxylic acids is 1. The molecule has 2 N–H and O–H groups in total. The van der Waals surface area contributed by atoms with Gasteiger partial charge in [0.1, 0.15) is 11.5 Å². The summed E-state index contributed by atoms with van der Waals surface area (Å²) in [5, 5.41) is 0.889. The van der Waals surface area contributed by atoms with Crippen LogP contribution in [-0.2, 0) is 18.3 Å². The van der Waals surface area contributed by atoms with E-state index in [1.165, 1.54) is 0 Å². The Hall–Kier alpha value is -2.17. The lowest BCUT2D eigenvalue weighted by atomic mass is 10.1. The quantitative estimate of drug-likeness (QED) is 0.908. The fourth-order valence-electron chi connectivity index (χ4n) is 2.45. The number of nitrogens with two attached hydrogens (primary N) is 1. The summed E-state index contributed by atoms with van der Waals surface area (Å²) in [5.74, 6) is 1.10. The number of hydrogen-bond donors (Lipinski definition) is 1. The molecule has 0 aliphatic rings. The minimum absolute atomic E-state index is 0.187. The van der Waals surface area contributed by atoms with Gasteiger partial charge in [-0.3, -0.25) is 4.79 Å². The number of nitrogens with zero attached hydrogens (tertiary/aromatic N) is 1. The summed E-state index contributed by atoms with van der Waals surface area (Å²) >= 11 is 0. The van der Waals surface area contributed by atoms with Crippen LogP contribution >= 0.6 is 0 Å². The zero-order valence-corrected chi connectivity index (χ0v) is 11.6. The van der Waals surface area contributed by atoms with Crippen LogP contribution in [0.1, 0.15) is 11.3 Å². The molecule has 102 valence electrons. The highest BCUT2D eigenvalue weighted by atomic mass is 16.5. The first-order valence-electron chi connectivity index (χ1n) is 5.98. The summed E-state index contributed by atoms with van der Waals surface area (Å²) in [6, 6.07) is 3.69. The number of amides is 1. The van der Waals surface area contributed by atoms with Crippen LogP contribution in [0.2, 0.25) is 0 Å². The Bertz CT molecular complexity index is 644. The molecular formula is C14H18N2O3. The van der Waals surface area contributed by atoms with E-state index in [2.05, 4.69) is 0 Å². The van der Waals surface area contributed by atoms with Gasteiger partial charge in [0.25, 0.3) is 0 Å². The Balaban J connectivity index is 2.88. The number of ether oxygens (including phenoxy) is 2. The van der Waals surface area contributed by atoms with E-state index in [-0.39, 0.29) is 12.3 Å². The van der Waals surface area contributed by atoms with E-state index in [9.17, 15) is 4.79 Å². The van der Waals surface area contributed by atoms with Gasteiger partial charge in [-0.05, 0) is 24.6 Å². The highest BCUT2D eigenvalue weighted by Gasteiger charge is 2.20. The van der Waals surface area contributed by atoms with Crippen LogP contribution in [-0.4, -0.2) is 24.7 Å². The molecule has 0 saturated carbocycles. The van der Waals surface area contributed by atoms with E-state index in [1.807, 2.05) is 30.7 Å². The molecule has 0 radical (unpaired) electrons. The molecule has 0 atom stereocenters. The number of carbonyl (C=O) groups is 1. The number of benzene rings is 1. The van der Waals surface area contributed by atoms with E-state index < -0.39 is 0 Å². The van der Waals surface area contributed by atoms with E-state index >= 15 is 0 Å². The summed E-state index contributed by atoms with van der Waals surface area (Å²) in [6.07, 6.45) is 0.187. The summed E-state index contributed by atoms with van der Waals surface area (Å²) in [7, 11) is 5.17. The van der Waals surface area contributed by atoms with E-state index in [0.29, 0.717) is 0 Å². The fourth-order valence-corrected chi connectivity index (χ4v) is 2.45. The van der Waals surface area contributed by atoms with Crippen molar-refractivity contribution in [3.63, 3.8) is 0 Å². The van der Waals surface area contributed by atoms with Gasteiger partial charge in [-0.25, -0.2) is 0 Å². The predicted molar refractivity (Wildman–Crippen MR) is 73.7 cm³/mol. The number of aromatic nitrogens is 1.